The lowest BCUT2D eigenvalue weighted by Crippen LogP contribution is -2.39. The summed E-state index contributed by atoms with van der Waals surface area (Å²) in [7, 11) is -3.86. The van der Waals surface area contributed by atoms with Crippen molar-refractivity contribution in [2.75, 3.05) is 6.54 Å². The van der Waals surface area contributed by atoms with E-state index in [1.54, 1.807) is 13.8 Å². The lowest BCUT2D eigenvalue weighted by Gasteiger charge is -2.27. The summed E-state index contributed by atoms with van der Waals surface area (Å²) < 4.78 is 40.5. The van der Waals surface area contributed by atoms with Gasteiger partial charge in [0, 0.05) is 18.5 Å². The molecule has 0 aliphatic carbocycles. The maximum absolute atomic E-state index is 13.9. The van der Waals surface area contributed by atoms with E-state index in [1.807, 2.05) is 13.8 Å². The van der Waals surface area contributed by atoms with E-state index in [1.165, 1.54) is 16.4 Å². The average Bonchev–Trinajstić information content (AvgIpc) is 2.35. The Bertz CT molecular complexity index is 558. The van der Waals surface area contributed by atoms with Gasteiger partial charge in [0.2, 0.25) is 10.0 Å². The molecule has 0 aromatic heterocycles. The standard InChI is InChI=1S/C14H21ClFNO2S/c1-10(2)9-17(11(3)4)20(18,19)14-7-12(8-15)5-6-13(14)16/h5-7,10-11H,8-9H2,1-4H3. The molecule has 0 aliphatic heterocycles. The molecular formula is C14H21ClFNO2S. The quantitative estimate of drug-likeness (QED) is 0.750. The van der Waals surface area contributed by atoms with Gasteiger partial charge in [-0.05, 0) is 37.5 Å². The molecule has 1 aromatic carbocycles. The van der Waals surface area contributed by atoms with Crippen molar-refractivity contribution in [3.8, 4) is 0 Å². The number of hydrogen-bond donors (Lipinski definition) is 0. The van der Waals surface area contributed by atoms with E-state index >= 15 is 0 Å². The fourth-order valence-corrected chi connectivity index (χ4v) is 3.98. The van der Waals surface area contributed by atoms with E-state index in [4.69, 9.17) is 11.6 Å². The Morgan fingerprint density at radius 2 is 1.85 bits per heavy atom. The second-order valence-corrected chi connectivity index (χ2v) is 7.59. The molecule has 0 radical (unpaired) electrons. The minimum absolute atomic E-state index is 0.147. The summed E-state index contributed by atoms with van der Waals surface area (Å²) in [4.78, 5) is -0.301. The lowest BCUT2D eigenvalue weighted by molar-refractivity contribution is 0.317. The largest absolute Gasteiger partial charge is 0.246 e. The smallest absolute Gasteiger partial charge is 0.207 e. The Labute approximate surface area is 125 Å². The van der Waals surface area contributed by atoms with Gasteiger partial charge in [0.05, 0.1) is 0 Å². The zero-order valence-electron chi connectivity index (χ0n) is 12.2. The van der Waals surface area contributed by atoms with Gasteiger partial charge >= 0.3 is 0 Å². The number of alkyl halides is 1. The van der Waals surface area contributed by atoms with Crippen LogP contribution in [0.25, 0.3) is 0 Å². The Hall–Kier alpha value is -0.650. The zero-order valence-corrected chi connectivity index (χ0v) is 13.8. The maximum Gasteiger partial charge on any atom is 0.246 e. The fraction of sp³-hybridized carbons (Fsp3) is 0.571. The van der Waals surface area contributed by atoms with Crippen molar-refractivity contribution in [3.05, 3.63) is 29.6 Å². The van der Waals surface area contributed by atoms with Gasteiger partial charge in [-0.2, -0.15) is 4.31 Å². The number of sulfonamides is 1. The third kappa shape index (κ3) is 3.93. The highest BCUT2D eigenvalue weighted by Gasteiger charge is 2.30. The van der Waals surface area contributed by atoms with E-state index in [0.29, 0.717) is 12.1 Å². The summed E-state index contributed by atoms with van der Waals surface area (Å²) in [5.74, 6) is -0.436. The summed E-state index contributed by atoms with van der Waals surface area (Å²) in [6.07, 6.45) is 0. The van der Waals surface area contributed by atoms with E-state index in [-0.39, 0.29) is 22.7 Å². The van der Waals surface area contributed by atoms with E-state index in [0.717, 1.165) is 6.07 Å². The van der Waals surface area contributed by atoms with Gasteiger partial charge in [-0.1, -0.05) is 19.9 Å². The van der Waals surface area contributed by atoms with Gasteiger partial charge in [-0.25, -0.2) is 12.8 Å². The number of benzene rings is 1. The van der Waals surface area contributed by atoms with Crippen molar-refractivity contribution in [1.29, 1.82) is 0 Å². The zero-order chi connectivity index (χ0) is 15.5. The molecular weight excluding hydrogens is 301 g/mol. The highest BCUT2D eigenvalue weighted by Crippen LogP contribution is 2.24. The Morgan fingerprint density at radius 3 is 2.30 bits per heavy atom. The Morgan fingerprint density at radius 1 is 1.25 bits per heavy atom. The first kappa shape index (κ1) is 17.4. The fourth-order valence-electron chi connectivity index (χ4n) is 1.90. The molecule has 0 amide bonds. The normalized spacial score (nSPS) is 12.7. The van der Waals surface area contributed by atoms with Crippen LogP contribution < -0.4 is 0 Å². The van der Waals surface area contributed by atoms with E-state index < -0.39 is 15.8 Å². The van der Waals surface area contributed by atoms with Crippen LogP contribution in [0.2, 0.25) is 0 Å². The van der Waals surface area contributed by atoms with Gasteiger partial charge < -0.3 is 0 Å². The molecule has 1 rings (SSSR count). The first-order chi connectivity index (χ1) is 9.20. The second-order valence-electron chi connectivity index (χ2n) is 5.46. The molecule has 0 unspecified atom stereocenters. The summed E-state index contributed by atoms with van der Waals surface area (Å²) in [6.45, 7) is 7.77. The Balaban J connectivity index is 3.32. The molecule has 6 heteroatoms. The van der Waals surface area contributed by atoms with Gasteiger partial charge in [0.25, 0.3) is 0 Å². The molecule has 0 saturated heterocycles. The molecule has 0 N–H and O–H groups in total. The summed E-state index contributed by atoms with van der Waals surface area (Å²) in [5, 5.41) is 0. The minimum Gasteiger partial charge on any atom is -0.207 e. The minimum atomic E-state index is -3.86. The number of halogens is 2. The summed E-state index contributed by atoms with van der Waals surface area (Å²) in [5.41, 5.74) is 0.583. The van der Waals surface area contributed by atoms with Gasteiger partial charge in [0.1, 0.15) is 10.7 Å². The molecule has 114 valence electrons. The summed E-state index contributed by atoms with van der Waals surface area (Å²) in [6, 6.07) is 3.72. The predicted molar refractivity (Wildman–Crippen MR) is 79.8 cm³/mol. The third-order valence-corrected chi connectivity index (χ3v) is 5.22. The molecule has 0 bridgehead atoms. The molecule has 0 spiro atoms. The van der Waals surface area contributed by atoms with Crippen LogP contribution in [0.15, 0.2) is 23.1 Å². The molecule has 0 heterocycles. The highest BCUT2D eigenvalue weighted by atomic mass is 35.5. The molecule has 1 aromatic rings. The molecule has 0 saturated carbocycles. The van der Waals surface area contributed by atoms with Crippen molar-refractivity contribution in [2.45, 2.75) is 44.5 Å². The van der Waals surface area contributed by atoms with Crippen LogP contribution in [0.5, 0.6) is 0 Å². The van der Waals surface area contributed by atoms with Crippen LogP contribution in [0, 0.1) is 11.7 Å². The monoisotopic (exact) mass is 321 g/mol. The van der Waals surface area contributed by atoms with Crippen LogP contribution in [-0.4, -0.2) is 25.3 Å². The molecule has 3 nitrogen and oxygen atoms in total. The van der Waals surface area contributed by atoms with E-state index in [2.05, 4.69) is 0 Å². The van der Waals surface area contributed by atoms with Crippen molar-refractivity contribution in [2.24, 2.45) is 5.92 Å². The molecule has 0 aliphatic rings. The number of rotatable bonds is 6. The number of hydrogen-bond acceptors (Lipinski definition) is 2. The van der Waals surface area contributed by atoms with Crippen LogP contribution in [0.3, 0.4) is 0 Å². The maximum atomic E-state index is 13.9. The average molecular weight is 322 g/mol. The van der Waals surface area contributed by atoms with Crippen molar-refractivity contribution < 1.29 is 12.8 Å². The van der Waals surface area contributed by atoms with Gasteiger partial charge in [-0.3, -0.25) is 0 Å². The van der Waals surface area contributed by atoms with Crippen molar-refractivity contribution in [3.63, 3.8) is 0 Å². The first-order valence-corrected chi connectivity index (χ1v) is 8.53. The van der Waals surface area contributed by atoms with E-state index in [9.17, 15) is 12.8 Å². The number of nitrogens with zero attached hydrogens (tertiary/aromatic N) is 1. The van der Waals surface area contributed by atoms with Crippen molar-refractivity contribution in [1.82, 2.24) is 4.31 Å². The van der Waals surface area contributed by atoms with Crippen LogP contribution in [0.4, 0.5) is 4.39 Å². The van der Waals surface area contributed by atoms with Crippen LogP contribution >= 0.6 is 11.6 Å². The molecule has 20 heavy (non-hydrogen) atoms. The lowest BCUT2D eigenvalue weighted by atomic mass is 10.2. The molecule has 0 fully saturated rings. The first-order valence-electron chi connectivity index (χ1n) is 6.56. The third-order valence-electron chi connectivity index (χ3n) is 2.86. The van der Waals surface area contributed by atoms with Gasteiger partial charge in [0.15, 0.2) is 0 Å². The highest BCUT2D eigenvalue weighted by molar-refractivity contribution is 7.89. The summed E-state index contributed by atoms with van der Waals surface area (Å²) >= 11 is 5.70. The van der Waals surface area contributed by atoms with Crippen LogP contribution in [-0.2, 0) is 15.9 Å². The van der Waals surface area contributed by atoms with Crippen molar-refractivity contribution >= 4 is 21.6 Å². The SMILES string of the molecule is CC(C)CN(C(C)C)S(=O)(=O)c1cc(CCl)ccc1F. The predicted octanol–water partition coefficient (Wildman–Crippen LogP) is 3.62. The second kappa shape index (κ2) is 6.87. The topological polar surface area (TPSA) is 37.4 Å². The Kier molecular flexibility index (Phi) is 5.98. The van der Waals surface area contributed by atoms with Crippen LogP contribution in [0.1, 0.15) is 33.3 Å². The van der Waals surface area contributed by atoms with Gasteiger partial charge in [-0.15, -0.1) is 11.6 Å². The molecule has 0 atom stereocenters.